The van der Waals surface area contributed by atoms with Crippen LogP contribution < -0.4 is 10.2 Å². The number of nitrogens with one attached hydrogen (secondary N) is 1. The van der Waals surface area contributed by atoms with Gasteiger partial charge >= 0.3 is 12.2 Å². The zero-order valence-corrected chi connectivity index (χ0v) is 21.2. The average molecular weight is 502 g/mol. The van der Waals surface area contributed by atoms with Gasteiger partial charge in [-0.1, -0.05) is 30.3 Å². The molecule has 2 aliphatic heterocycles. The van der Waals surface area contributed by atoms with Gasteiger partial charge in [0, 0.05) is 31.2 Å². The first-order valence-corrected chi connectivity index (χ1v) is 12.3. The van der Waals surface area contributed by atoms with Crippen molar-refractivity contribution < 1.29 is 19.1 Å². The predicted molar refractivity (Wildman–Crippen MR) is 132 cm³/mol. The summed E-state index contributed by atoms with van der Waals surface area (Å²) >= 11 is 6.28. The fraction of sp³-hybridized carbons (Fsp3) is 0.520. The van der Waals surface area contributed by atoms with Gasteiger partial charge in [0.25, 0.3) is 0 Å². The van der Waals surface area contributed by atoms with E-state index < -0.39 is 11.7 Å². The van der Waals surface area contributed by atoms with Crippen LogP contribution in [0, 0.1) is 0 Å². The second-order valence-electron chi connectivity index (χ2n) is 9.88. The first-order chi connectivity index (χ1) is 16.7. The number of benzene rings is 1. The summed E-state index contributed by atoms with van der Waals surface area (Å²) in [5.41, 5.74) is 2.09. The maximum Gasteiger partial charge on any atom is 0.410 e. The number of hydrogen-bond acceptors (Lipinski definition) is 7. The highest BCUT2D eigenvalue weighted by molar-refractivity contribution is 6.28. The highest BCUT2D eigenvalue weighted by atomic mass is 35.5. The monoisotopic (exact) mass is 501 g/mol. The number of hydrogen-bond donors (Lipinski definition) is 1. The topological polar surface area (TPSA) is 96.9 Å². The largest absolute Gasteiger partial charge is 0.445 e. The maximum absolute atomic E-state index is 12.5. The van der Waals surface area contributed by atoms with Gasteiger partial charge in [-0.15, -0.1) is 0 Å². The molecule has 0 aliphatic carbocycles. The lowest BCUT2D eigenvalue weighted by Gasteiger charge is -2.37. The average Bonchev–Trinajstić information content (AvgIpc) is 2.81. The van der Waals surface area contributed by atoms with Gasteiger partial charge in [0.15, 0.2) is 0 Å². The van der Waals surface area contributed by atoms with Gasteiger partial charge in [-0.05, 0) is 57.2 Å². The quantitative estimate of drug-likeness (QED) is 0.623. The minimum absolute atomic E-state index is 0.0710. The number of halogens is 1. The Labute approximate surface area is 210 Å². The number of fused-ring (bicyclic) bond motifs is 1. The van der Waals surface area contributed by atoms with Crippen molar-refractivity contribution in [1.82, 2.24) is 20.2 Å². The molecule has 35 heavy (non-hydrogen) atoms. The lowest BCUT2D eigenvalue weighted by atomic mass is 10.0. The number of carbonyl (C=O) groups excluding carboxylic acids is 2. The van der Waals surface area contributed by atoms with E-state index in [9.17, 15) is 9.59 Å². The Morgan fingerprint density at radius 2 is 1.94 bits per heavy atom. The van der Waals surface area contributed by atoms with Gasteiger partial charge in [0.2, 0.25) is 5.28 Å². The molecular weight excluding hydrogens is 470 g/mol. The van der Waals surface area contributed by atoms with Crippen LogP contribution in [0.1, 0.15) is 50.4 Å². The van der Waals surface area contributed by atoms with E-state index in [0.717, 1.165) is 42.0 Å². The molecule has 3 heterocycles. The second kappa shape index (κ2) is 10.7. The molecule has 0 spiro atoms. The van der Waals surface area contributed by atoms with Gasteiger partial charge in [-0.3, -0.25) is 0 Å². The number of nitrogens with zero attached hydrogens (tertiary/aromatic N) is 4. The molecule has 1 fully saturated rings. The third-order valence-corrected chi connectivity index (χ3v) is 6.09. The molecule has 1 aromatic heterocycles. The number of anilines is 1. The number of carbonyl (C=O) groups is 2. The molecule has 0 bridgehead atoms. The van der Waals surface area contributed by atoms with Gasteiger partial charge in [0.1, 0.15) is 18.0 Å². The van der Waals surface area contributed by atoms with E-state index in [4.69, 9.17) is 21.1 Å². The number of rotatable bonds is 4. The van der Waals surface area contributed by atoms with E-state index in [-0.39, 0.29) is 24.0 Å². The fourth-order valence-corrected chi connectivity index (χ4v) is 4.53. The predicted octanol–water partition coefficient (Wildman–Crippen LogP) is 4.32. The Morgan fingerprint density at radius 1 is 1.17 bits per heavy atom. The summed E-state index contributed by atoms with van der Waals surface area (Å²) in [4.78, 5) is 37.6. The summed E-state index contributed by atoms with van der Waals surface area (Å²) in [5.74, 6) is 0.771. The molecule has 2 aromatic rings. The summed E-state index contributed by atoms with van der Waals surface area (Å²) in [6, 6.07) is 9.51. The molecule has 188 valence electrons. The van der Waals surface area contributed by atoms with Crippen LogP contribution in [0.4, 0.5) is 15.4 Å². The summed E-state index contributed by atoms with van der Waals surface area (Å²) in [6.07, 6.45) is 1.55. The Balaban J connectivity index is 1.40. The summed E-state index contributed by atoms with van der Waals surface area (Å²) in [6.45, 7) is 7.99. The first-order valence-electron chi connectivity index (χ1n) is 11.9. The number of alkyl carbamates (subject to hydrolysis) is 1. The van der Waals surface area contributed by atoms with Crippen LogP contribution >= 0.6 is 11.6 Å². The minimum atomic E-state index is -0.566. The van der Waals surface area contributed by atoms with Crippen molar-refractivity contribution in [3.05, 3.63) is 52.4 Å². The minimum Gasteiger partial charge on any atom is -0.445 e. The fourth-order valence-electron chi connectivity index (χ4n) is 4.34. The van der Waals surface area contributed by atoms with E-state index in [1.165, 1.54) is 0 Å². The van der Waals surface area contributed by atoms with Crippen molar-refractivity contribution in [2.75, 3.05) is 24.5 Å². The van der Waals surface area contributed by atoms with Crippen LogP contribution in [0.2, 0.25) is 5.28 Å². The zero-order chi connectivity index (χ0) is 25.0. The lowest BCUT2D eigenvalue weighted by molar-refractivity contribution is 0.0220. The van der Waals surface area contributed by atoms with Crippen molar-refractivity contribution in [2.24, 2.45) is 0 Å². The van der Waals surface area contributed by atoms with Crippen molar-refractivity contribution in [3.8, 4) is 0 Å². The van der Waals surface area contributed by atoms with E-state index in [0.29, 0.717) is 26.1 Å². The van der Waals surface area contributed by atoms with Crippen molar-refractivity contribution >= 4 is 29.6 Å². The normalized spacial score (nSPS) is 18.0. The molecule has 1 saturated heterocycles. The third kappa shape index (κ3) is 6.75. The Morgan fingerprint density at radius 3 is 2.69 bits per heavy atom. The van der Waals surface area contributed by atoms with E-state index in [1.807, 2.05) is 51.1 Å². The molecular formula is C25H32ClN5O4. The lowest BCUT2D eigenvalue weighted by Crippen LogP contribution is -2.49. The molecule has 2 amide bonds. The number of piperidine rings is 1. The highest BCUT2D eigenvalue weighted by Crippen LogP contribution is 2.30. The van der Waals surface area contributed by atoms with Crippen LogP contribution in [0.5, 0.6) is 0 Å². The molecule has 0 saturated carbocycles. The summed E-state index contributed by atoms with van der Waals surface area (Å²) < 4.78 is 10.9. The first kappa shape index (κ1) is 25.0. The standard InChI is InChI=1S/C25H32ClN5O4/c1-25(2,3)35-24(33)31-13-11-19-20(15-31)28-22(26)29-21(19)30-12-7-10-18(14-30)27-23(32)34-16-17-8-5-4-6-9-17/h4-6,8-9,18H,7,10-16H2,1-3H3,(H,27,32)/t18-/m1/s1. The Kier molecular flexibility index (Phi) is 7.64. The molecule has 9 nitrogen and oxygen atoms in total. The molecule has 2 aliphatic rings. The SMILES string of the molecule is CC(C)(C)OC(=O)N1CCc2c(nc(Cl)nc2N2CCC[C@@H](NC(=O)OCc3ccccc3)C2)C1. The van der Waals surface area contributed by atoms with Gasteiger partial charge in [0.05, 0.1) is 12.2 Å². The van der Waals surface area contributed by atoms with Crippen LogP contribution in [-0.4, -0.2) is 58.3 Å². The van der Waals surface area contributed by atoms with E-state index in [2.05, 4.69) is 20.2 Å². The van der Waals surface area contributed by atoms with Crippen LogP contribution in [0.15, 0.2) is 30.3 Å². The van der Waals surface area contributed by atoms with Gasteiger partial charge in [-0.2, -0.15) is 0 Å². The van der Waals surface area contributed by atoms with Crippen LogP contribution in [0.3, 0.4) is 0 Å². The third-order valence-electron chi connectivity index (χ3n) is 5.92. The summed E-state index contributed by atoms with van der Waals surface area (Å²) in [7, 11) is 0. The number of aromatic nitrogens is 2. The van der Waals surface area contributed by atoms with Crippen molar-refractivity contribution in [1.29, 1.82) is 0 Å². The van der Waals surface area contributed by atoms with Gasteiger partial charge in [-0.25, -0.2) is 19.6 Å². The summed E-state index contributed by atoms with van der Waals surface area (Å²) in [5, 5.41) is 3.12. The smallest absolute Gasteiger partial charge is 0.410 e. The number of ether oxygens (including phenoxy) is 2. The van der Waals surface area contributed by atoms with E-state index >= 15 is 0 Å². The van der Waals surface area contributed by atoms with Crippen LogP contribution in [-0.2, 0) is 29.0 Å². The molecule has 10 heteroatoms. The van der Waals surface area contributed by atoms with Crippen molar-refractivity contribution in [2.45, 2.75) is 64.8 Å². The van der Waals surface area contributed by atoms with Crippen LogP contribution in [0.25, 0.3) is 0 Å². The van der Waals surface area contributed by atoms with Gasteiger partial charge < -0.3 is 24.6 Å². The maximum atomic E-state index is 12.5. The molecule has 4 rings (SSSR count). The number of amides is 2. The molecule has 1 aromatic carbocycles. The van der Waals surface area contributed by atoms with E-state index in [1.54, 1.807) is 4.90 Å². The zero-order valence-electron chi connectivity index (χ0n) is 20.4. The van der Waals surface area contributed by atoms with Crippen molar-refractivity contribution in [3.63, 3.8) is 0 Å². The highest BCUT2D eigenvalue weighted by Gasteiger charge is 2.31. The Bertz CT molecular complexity index is 1060. The molecule has 1 atom stereocenters. The Hall–Kier alpha value is -3.07. The molecule has 0 unspecified atom stereocenters. The molecule has 1 N–H and O–H groups in total. The second-order valence-corrected chi connectivity index (χ2v) is 10.2. The molecule has 0 radical (unpaired) electrons.